The van der Waals surface area contributed by atoms with Crippen LogP contribution in [0, 0.1) is 0 Å². The second-order valence-electron chi connectivity index (χ2n) is 4.41. The third-order valence-corrected chi connectivity index (χ3v) is 4.53. The van der Waals surface area contributed by atoms with Gasteiger partial charge in [0.25, 0.3) is 0 Å². The first-order valence-electron chi connectivity index (χ1n) is 6.10. The van der Waals surface area contributed by atoms with Gasteiger partial charge in [-0.2, -0.15) is 11.8 Å². The molecule has 0 saturated heterocycles. The van der Waals surface area contributed by atoms with Crippen molar-refractivity contribution in [3.8, 4) is 0 Å². The smallest absolute Gasteiger partial charge is 0.0737 e. The number of fused-ring (bicyclic) bond motifs is 1. The number of benzene rings is 1. The highest BCUT2D eigenvalue weighted by Crippen LogP contribution is 2.26. The summed E-state index contributed by atoms with van der Waals surface area (Å²) in [5.41, 5.74) is 1.89. The Kier molecular flexibility index (Phi) is 4.91. The van der Waals surface area contributed by atoms with Crippen LogP contribution in [0.1, 0.15) is 6.92 Å². The molecule has 2 unspecified atom stereocenters. The molecule has 19 heavy (non-hydrogen) atoms. The summed E-state index contributed by atoms with van der Waals surface area (Å²) in [5, 5.41) is 14.7. The molecule has 1 aromatic heterocycles. The van der Waals surface area contributed by atoms with Gasteiger partial charge in [-0.05, 0) is 37.4 Å². The topological polar surface area (TPSA) is 45.1 Å². The standard InChI is InChI=1S/C14H17ClN2OS/c1-9(14(8-18)19-2)17-12-5-6-16-13-7-10(15)3-4-11(12)13/h3-7,9,14,18H,8H2,1-2H3,(H,16,17). The predicted octanol–water partition coefficient (Wildman–Crippen LogP) is 3.41. The maximum Gasteiger partial charge on any atom is 0.0737 e. The summed E-state index contributed by atoms with van der Waals surface area (Å²) >= 11 is 7.63. The zero-order valence-corrected chi connectivity index (χ0v) is 12.5. The number of aliphatic hydroxyl groups is 1. The van der Waals surface area contributed by atoms with Crippen molar-refractivity contribution in [2.45, 2.75) is 18.2 Å². The molecular formula is C14H17ClN2OS. The minimum atomic E-state index is 0.157. The first-order valence-corrected chi connectivity index (χ1v) is 7.76. The molecule has 1 heterocycles. The van der Waals surface area contributed by atoms with E-state index in [1.54, 1.807) is 18.0 Å². The van der Waals surface area contributed by atoms with Crippen LogP contribution >= 0.6 is 23.4 Å². The van der Waals surface area contributed by atoms with Crippen LogP contribution in [0.25, 0.3) is 10.9 Å². The van der Waals surface area contributed by atoms with Gasteiger partial charge in [0, 0.05) is 33.6 Å². The molecule has 5 heteroatoms. The fourth-order valence-corrected chi connectivity index (χ4v) is 2.81. The molecule has 2 aromatic rings. The lowest BCUT2D eigenvalue weighted by Crippen LogP contribution is -2.31. The highest BCUT2D eigenvalue weighted by atomic mass is 35.5. The summed E-state index contributed by atoms with van der Waals surface area (Å²) < 4.78 is 0. The molecular weight excluding hydrogens is 280 g/mol. The van der Waals surface area contributed by atoms with Crippen molar-refractivity contribution in [3.05, 3.63) is 35.5 Å². The van der Waals surface area contributed by atoms with Crippen LogP contribution in [-0.2, 0) is 0 Å². The molecule has 0 aliphatic carbocycles. The largest absolute Gasteiger partial charge is 0.395 e. The van der Waals surface area contributed by atoms with Gasteiger partial charge in [0.2, 0.25) is 0 Å². The van der Waals surface area contributed by atoms with Gasteiger partial charge in [-0.3, -0.25) is 4.98 Å². The number of aliphatic hydroxyl groups excluding tert-OH is 1. The lowest BCUT2D eigenvalue weighted by atomic mass is 10.1. The maximum atomic E-state index is 9.33. The molecule has 3 nitrogen and oxygen atoms in total. The molecule has 0 fully saturated rings. The summed E-state index contributed by atoms with van der Waals surface area (Å²) in [6, 6.07) is 7.79. The van der Waals surface area contributed by atoms with Crippen LogP contribution in [0.2, 0.25) is 5.02 Å². The number of thioether (sulfide) groups is 1. The van der Waals surface area contributed by atoms with Gasteiger partial charge in [-0.15, -0.1) is 0 Å². The number of rotatable bonds is 5. The molecule has 0 spiro atoms. The van der Waals surface area contributed by atoms with Gasteiger partial charge < -0.3 is 10.4 Å². The van der Waals surface area contributed by atoms with E-state index < -0.39 is 0 Å². The first kappa shape index (κ1) is 14.4. The number of hydrogen-bond acceptors (Lipinski definition) is 4. The average molecular weight is 297 g/mol. The Balaban J connectivity index is 2.30. The summed E-state index contributed by atoms with van der Waals surface area (Å²) in [4.78, 5) is 4.32. The number of halogens is 1. The normalized spacial score (nSPS) is 14.3. The molecule has 1 aromatic carbocycles. The minimum absolute atomic E-state index is 0.157. The van der Waals surface area contributed by atoms with E-state index >= 15 is 0 Å². The van der Waals surface area contributed by atoms with Gasteiger partial charge in [-0.25, -0.2) is 0 Å². The quantitative estimate of drug-likeness (QED) is 0.887. The zero-order chi connectivity index (χ0) is 13.8. The van der Waals surface area contributed by atoms with Gasteiger partial charge in [0.15, 0.2) is 0 Å². The Morgan fingerprint density at radius 1 is 1.42 bits per heavy atom. The van der Waals surface area contributed by atoms with E-state index in [4.69, 9.17) is 11.6 Å². The summed E-state index contributed by atoms with van der Waals surface area (Å²) in [6.45, 7) is 2.23. The molecule has 0 amide bonds. The zero-order valence-electron chi connectivity index (χ0n) is 10.9. The summed E-state index contributed by atoms with van der Waals surface area (Å²) in [6.07, 6.45) is 3.77. The Labute approximate surface area is 122 Å². The Morgan fingerprint density at radius 3 is 2.89 bits per heavy atom. The maximum absolute atomic E-state index is 9.33. The molecule has 102 valence electrons. The molecule has 2 rings (SSSR count). The van der Waals surface area contributed by atoms with Gasteiger partial charge in [-0.1, -0.05) is 11.6 Å². The molecule has 0 saturated carbocycles. The number of nitrogens with zero attached hydrogens (tertiary/aromatic N) is 1. The number of hydrogen-bond donors (Lipinski definition) is 2. The minimum Gasteiger partial charge on any atom is -0.395 e. The molecule has 0 aliphatic rings. The van der Waals surface area contributed by atoms with Crippen molar-refractivity contribution in [1.29, 1.82) is 0 Å². The third kappa shape index (κ3) is 3.32. The van der Waals surface area contributed by atoms with Crippen LogP contribution in [0.3, 0.4) is 0 Å². The number of nitrogens with one attached hydrogen (secondary N) is 1. The Hall–Kier alpha value is -0.970. The van der Waals surface area contributed by atoms with E-state index in [-0.39, 0.29) is 17.9 Å². The van der Waals surface area contributed by atoms with E-state index in [2.05, 4.69) is 17.2 Å². The van der Waals surface area contributed by atoms with Gasteiger partial charge in [0.1, 0.15) is 0 Å². The predicted molar refractivity (Wildman–Crippen MR) is 84.2 cm³/mol. The number of anilines is 1. The molecule has 2 atom stereocenters. The Morgan fingerprint density at radius 2 is 2.21 bits per heavy atom. The summed E-state index contributed by atoms with van der Waals surface area (Å²) in [7, 11) is 0. The number of pyridine rings is 1. The average Bonchev–Trinajstić information content (AvgIpc) is 2.40. The lowest BCUT2D eigenvalue weighted by Gasteiger charge is -2.23. The van der Waals surface area contributed by atoms with E-state index in [0.29, 0.717) is 5.02 Å². The van der Waals surface area contributed by atoms with E-state index in [1.807, 2.05) is 30.5 Å². The van der Waals surface area contributed by atoms with E-state index in [0.717, 1.165) is 16.6 Å². The van der Waals surface area contributed by atoms with Crippen LogP contribution in [0.15, 0.2) is 30.5 Å². The third-order valence-electron chi connectivity index (χ3n) is 3.13. The van der Waals surface area contributed by atoms with Crippen molar-refractivity contribution < 1.29 is 5.11 Å². The van der Waals surface area contributed by atoms with Crippen LogP contribution in [-0.4, -0.2) is 34.2 Å². The van der Waals surface area contributed by atoms with Crippen LogP contribution in [0.5, 0.6) is 0 Å². The van der Waals surface area contributed by atoms with Crippen molar-refractivity contribution in [2.24, 2.45) is 0 Å². The highest BCUT2D eigenvalue weighted by Gasteiger charge is 2.15. The number of aromatic nitrogens is 1. The SMILES string of the molecule is CSC(CO)C(C)Nc1ccnc2cc(Cl)ccc12. The van der Waals surface area contributed by atoms with E-state index in [9.17, 15) is 5.11 Å². The molecule has 2 N–H and O–H groups in total. The van der Waals surface area contributed by atoms with Crippen molar-refractivity contribution in [3.63, 3.8) is 0 Å². The second kappa shape index (κ2) is 6.46. The first-order chi connectivity index (χ1) is 9.15. The fourth-order valence-electron chi connectivity index (χ4n) is 2.02. The highest BCUT2D eigenvalue weighted by molar-refractivity contribution is 7.99. The monoisotopic (exact) mass is 296 g/mol. The van der Waals surface area contributed by atoms with Crippen LogP contribution < -0.4 is 5.32 Å². The molecule has 0 aliphatic heterocycles. The lowest BCUT2D eigenvalue weighted by molar-refractivity contribution is 0.288. The second-order valence-corrected chi connectivity index (χ2v) is 5.92. The van der Waals surface area contributed by atoms with Gasteiger partial charge >= 0.3 is 0 Å². The van der Waals surface area contributed by atoms with E-state index in [1.165, 1.54) is 0 Å². The van der Waals surface area contributed by atoms with Crippen molar-refractivity contribution in [1.82, 2.24) is 4.98 Å². The summed E-state index contributed by atoms with van der Waals surface area (Å²) in [5.74, 6) is 0. The van der Waals surface area contributed by atoms with Crippen molar-refractivity contribution >= 4 is 40.0 Å². The fraction of sp³-hybridized carbons (Fsp3) is 0.357. The van der Waals surface area contributed by atoms with Crippen molar-refractivity contribution in [2.75, 3.05) is 18.2 Å². The molecule has 0 bridgehead atoms. The Bertz CT molecular complexity index is 560. The molecule has 0 radical (unpaired) electrons. The van der Waals surface area contributed by atoms with Crippen LogP contribution in [0.4, 0.5) is 5.69 Å². The van der Waals surface area contributed by atoms with Gasteiger partial charge in [0.05, 0.1) is 12.1 Å².